The van der Waals surface area contributed by atoms with Crippen molar-refractivity contribution in [2.45, 2.75) is 32.9 Å². The second-order valence-electron chi connectivity index (χ2n) is 8.25. The third-order valence-electron chi connectivity index (χ3n) is 6.08. The highest BCUT2D eigenvalue weighted by Gasteiger charge is 2.24. The number of piperidine rings is 1. The fourth-order valence-electron chi connectivity index (χ4n) is 4.23. The van der Waals surface area contributed by atoms with Gasteiger partial charge < -0.3 is 15.3 Å². The summed E-state index contributed by atoms with van der Waals surface area (Å²) in [6, 6.07) is 19.7. The van der Waals surface area contributed by atoms with Crippen molar-refractivity contribution in [2.24, 2.45) is 5.92 Å². The van der Waals surface area contributed by atoms with Gasteiger partial charge in [0.1, 0.15) is 12.3 Å². The maximum atomic E-state index is 12.9. The molecule has 0 spiro atoms. The van der Waals surface area contributed by atoms with Crippen molar-refractivity contribution in [3.05, 3.63) is 77.4 Å². The average molecular weight is 390 g/mol. The molecule has 1 heterocycles. The molecule has 0 aliphatic carbocycles. The first-order chi connectivity index (χ1) is 14.1. The fourth-order valence-corrected chi connectivity index (χ4v) is 4.23. The summed E-state index contributed by atoms with van der Waals surface area (Å²) in [5.74, 6) is 0.667. The molecule has 1 aliphatic heterocycles. The van der Waals surface area contributed by atoms with Crippen molar-refractivity contribution < 1.29 is 14.8 Å². The molecule has 1 aliphatic rings. The first-order valence-corrected chi connectivity index (χ1v) is 10.5. The normalized spacial score (nSPS) is 19.2. The Morgan fingerprint density at radius 3 is 2.52 bits per heavy atom. The van der Waals surface area contributed by atoms with E-state index in [1.807, 2.05) is 60.7 Å². The third kappa shape index (κ3) is 4.43. The van der Waals surface area contributed by atoms with Crippen LogP contribution in [0.1, 0.15) is 41.3 Å². The quantitative estimate of drug-likeness (QED) is 0.627. The molecule has 29 heavy (non-hydrogen) atoms. The number of aromatic hydroxyl groups is 1. The molecule has 4 rings (SSSR count). The highest BCUT2D eigenvalue weighted by molar-refractivity contribution is 6.03. The standard InChI is InChI=1S/C25H28N2O2/c1-18-11-13-27(14-12-18)17-23-21-10-6-5-9-20(21)15-22(24(23)28)25(29)26-16-19-7-3-2-4-8-19/h2-10,15,18,28H,11-14,16-17H2,1H3,(H,26,29)/p+1. The van der Waals surface area contributed by atoms with Crippen LogP contribution in [0.3, 0.4) is 0 Å². The fraction of sp³-hybridized carbons (Fsp3) is 0.320. The molecule has 0 aromatic heterocycles. The molecule has 0 atom stereocenters. The number of phenols is 1. The van der Waals surface area contributed by atoms with Crippen molar-refractivity contribution in [3.8, 4) is 5.75 Å². The summed E-state index contributed by atoms with van der Waals surface area (Å²) in [6.45, 7) is 5.72. The lowest BCUT2D eigenvalue weighted by Crippen LogP contribution is -3.11. The number of benzene rings is 3. The van der Waals surface area contributed by atoms with Gasteiger partial charge in [0.15, 0.2) is 0 Å². The number of quaternary nitrogens is 1. The number of rotatable bonds is 5. The van der Waals surface area contributed by atoms with Crippen LogP contribution in [-0.4, -0.2) is 24.1 Å². The van der Waals surface area contributed by atoms with Crippen LogP contribution in [0.4, 0.5) is 0 Å². The summed E-state index contributed by atoms with van der Waals surface area (Å²) in [4.78, 5) is 14.4. The van der Waals surface area contributed by atoms with Gasteiger partial charge in [-0.3, -0.25) is 4.79 Å². The topological polar surface area (TPSA) is 53.8 Å². The van der Waals surface area contributed by atoms with E-state index in [0.29, 0.717) is 12.1 Å². The number of carbonyl (C=O) groups excluding carboxylic acids is 1. The van der Waals surface area contributed by atoms with Crippen LogP contribution in [0.2, 0.25) is 0 Å². The maximum Gasteiger partial charge on any atom is 0.255 e. The Morgan fingerprint density at radius 2 is 1.76 bits per heavy atom. The maximum absolute atomic E-state index is 12.9. The first-order valence-electron chi connectivity index (χ1n) is 10.5. The minimum Gasteiger partial charge on any atom is -0.507 e. The number of likely N-dealkylation sites (tertiary alicyclic amines) is 1. The molecule has 4 nitrogen and oxygen atoms in total. The third-order valence-corrected chi connectivity index (χ3v) is 6.08. The van der Waals surface area contributed by atoms with Gasteiger partial charge in [-0.25, -0.2) is 0 Å². The van der Waals surface area contributed by atoms with Gasteiger partial charge in [0, 0.05) is 6.54 Å². The first kappa shape index (κ1) is 19.5. The molecule has 0 saturated carbocycles. The molecule has 3 aromatic carbocycles. The van der Waals surface area contributed by atoms with Gasteiger partial charge in [-0.05, 0) is 41.2 Å². The van der Waals surface area contributed by atoms with Gasteiger partial charge in [-0.15, -0.1) is 0 Å². The van der Waals surface area contributed by atoms with Gasteiger partial charge >= 0.3 is 0 Å². The van der Waals surface area contributed by atoms with Gasteiger partial charge in [0.25, 0.3) is 5.91 Å². The van der Waals surface area contributed by atoms with Crippen LogP contribution in [0.15, 0.2) is 60.7 Å². The van der Waals surface area contributed by atoms with Crippen LogP contribution in [0, 0.1) is 5.92 Å². The van der Waals surface area contributed by atoms with E-state index in [0.717, 1.165) is 47.5 Å². The molecular formula is C25H29N2O2+. The van der Waals surface area contributed by atoms with E-state index >= 15 is 0 Å². The molecule has 0 bridgehead atoms. The smallest absolute Gasteiger partial charge is 0.255 e. The molecule has 0 unspecified atom stereocenters. The van der Waals surface area contributed by atoms with Gasteiger partial charge in [-0.2, -0.15) is 0 Å². The summed E-state index contributed by atoms with van der Waals surface area (Å²) in [5, 5.41) is 16.0. The number of hydrogen-bond donors (Lipinski definition) is 3. The largest absolute Gasteiger partial charge is 0.507 e. The van der Waals surface area contributed by atoms with Crippen LogP contribution in [-0.2, 0) is 13.1 Å². The minimum atomic E-state index is -0.236. The second kappa shape index (κ2) is 8.66. The molecule has 3 N–H and O–H groups in total. The zero-order chi connectivity index (χ0) is 20.2. The van der Waals surface area contributed by atoms with Gasteiger partial charge in [0.05, 0.1) is 24.2 Å². The molecule has 1 saturated heterocycles. The monoisotopic (exact) mass is 389 g/mol. The number of carbonyl (C=O) groups is 1. The summed E-state index contributed by atoms with van der Waals surface area (Å²) in [7, 11) is 0. The van der Waals surface area contributed by atoms with Crippen molar-refractivity contribution in [3.63, 3.8) is 0 Å². The van der Waals surface area contributed by atoms with E-state index in [2.05, 4.69) is 12.2 Å². The molecule has 4 heteroatoms. The van der Waals surface area contributed by atoms with Crippen LogP contribution < -0.4 is 10.2 Å². The Bertz CT molecular complexity index is 992. The number of amides is 1. The lowest BCUT2D eigenvalue weighted by Gasteiger charge is -2.28. The summed E-state index contributed by atoms with van der Waals surface area (Å²) >= 11 is 0. The zero-order valence-electron chi connectivity index (χ0n) is 16.9. The zero-order valence-corrected chi connectivity index (χ0v) is 16.9. The SMILES string of the molecule is CC1CC[NH+](Cc2c(O)c(C(=O)NCc3ccccc3)cc3ccccc23)CC1. The van der Waals surface area contributed by atoms with Crippen LogP contribution >= 0.6 is 0 Å². The Hall–Kier alpha value is -2.85. The summed E-state index contributed by atoms with van der Waals surface area (Å²) < 4.78 is 0. The molecule has 1 fully saturated rings. The highest BCUT2D eigenvalue weighted by atomic mass is 16.3. The van der Waals surface area contributed by atoms with Crippen molar-refractivity contribution >= 4 is 16.7 Å². The molecule has 1 amide bonds. The molecular weight excluding hydrogens is 360 g/mol. The van der Waals surface area contributed by atoms with Crippen molar-refractivity contribution in [1.29, 1.82) is 0 Å². The molecule has 0 radical (unpaired) electrons. The van der Waals surface area contributed by atoms with Crippen LogP contribution in [0.25, 0.3) is 10.8 Å². The van der Waals surface area contributed by atoms with Crippen molar-refractivity contribution in [2.75, 3.05) is 13.1 Å². The average Bonchev–Trinajstić information content (AvgIpc) is 2.76. The van der Waals surface area contributed by atoms with Gasteiger partial charge in [0.2, 0.25) is 0 Å². The van der Waals surface area contributed by atoms with E-state index in [-0.39, 0.29) is 11.7 Å². The van der Waals surface area contributed by atoms with E-state index < -0.39 is 0 Å². The minimum absolute atomic E-state index is 0.125. The molecule has 150 valence electrons. The number of nitrogens with one attached hydrogen (secondary N) is 2. The van der Waals surface area contributed by atoms with E-state index in [1.165, 1.54) is 17.7 Å². The highest BCUT2D eigenvalue weighted by Crippen LogP contribution is 2.31. The van der Waals surface area contributed by atoms with E-state index in [4.69, 9.17) is 0 Å². The summed E-state index contributed by atoms with van der Waals surface area (Å²) in [5.41, 5.74) is 2.28. The lowest BCUT2D eigenvalue weighted by molar-refractivity contribution is -0.919. The Labute approximate surface area is 172 Å². The molecule has 3 aromatic rings. The van der Waals surface area contributed by atoms with Crippen molar-refractivity contribution in [1.82, 2.24) is 5.32 Å². The predicted octanol–water partition coefficient (Wildman–Crippen LogP) is 3.29. The Morgan fingerprint density at radius 1 is 1.07 bits per heavy atom. The lowest BCUT2D eigenvalue weighted by atomic mass is 9.95. The van der Waals surface area contributed by atoms with Crippen LogP contribution in [0.5, 0.6) is 5.75 Å². The van der Waals surface area contributed by atoms with Gasteiger partial charge in [-0.1, -0.05) is 61.5 Å². The van der Waals surface area contributed by atoms with E-state index in [9.17, 15) is 9.90 Å². The predicted molar refractivity (Wildman–Crippen MR) is 116 cm³/mol. The van der Waals surface area contributed by atoms with E-state index in [1.54, 1.807) is 0 Å². The summed E-state index contributed by atoms with van der Waals surface area (Å²) in [6.07, 6.45) is 2.43. The Kier molecular flexibility index (Phi) is 5.81. The second-order valence-corrected chi connectivity index (χ2v) is 8.25. The number of hydrogen-bond acceptors (Lipinski definition) is 2. The number of fused-ring (bicyclic) bond motifs is 1. The number of phenolic OH excluding ortho intramolecular Hbond substituents is 1. The Balaban J connectivity index is 1.62.